The van der Waals surface area contributed by atoms with Crippen molar-refractivity contribution in [2.24, 2.45) is 17.6 Å². The van der Waals surface area contributed by atoms with Gasteiger partial charge in [0.2, 0.25) is 10.0 Å². The monoisotopic (exact) mass is 278 g/mol. The van der Waals surface area contributed by atoms with Crippen molar-refractivity contribution in [1.29, 1.82) is 0 Å². The minimum Gasteiger partial charge on any atom is -0.393 e. The number of rotatable bonds is 6. The third kappa shape index (κ3) is 4.89. The summed E-state index contributed by atoms with van der Waals surface area (Å²) in [7, 11) is -3.19. The minimum atomic E-state index is -3.19. The molecule has 0 aromatic heterocycles. The molecular weight excluding hydrogens is 256 g/mol. The van der Waals surface area contributed by atoms with E-state index in [1.807, 2.05) is 13.8 Å². The predicted molar refractivity (Wildman–Crippen MR) is 74.3 cm³/mol. The van der Waals surface area contributed by atoms with Crippen LogP contribution in [0, 0.1) is 11.8 Å². The molecule has 0 saturated heterocycles. The fourth-order valence-corrected chi connectivity index (χ4v) is 4.05. The Morgan fingerprint density at radius 3 is 2.65 bits per heavy atom. The normalized spacial score (nSPS) is 25.4. The number of hydrogen-bond acceptors (Lipinski definition) is 3. The molecule has 17 heavy (non-hydrogen) atoms. The molecule has 0 radical (unpaired) electrons. The number of thiocarbonyl (C=S) groups is 1. The van der Waals surface area contributed by atoms with Crippen molar-refractivity contribution < 1.29 is 8.42 Å². The maximum absolute atomic E-state index is 11.9. The Morgan fingerprint density at radius 1 is 1.47 bits per heavy atom. The van der Waals surface area contributed by atoms with Gasteiger partial charge in [-0.05, 0) is 25.2 Å². The van der Waals surface area contributed by atoms with Crippen LogP contribution in [-0.4, -0.2) is 25.2 Å². The molecule has 1 saturated carbocycles. The molecule has 0 amide bonds. The molecule has 6 heteroatoms. The molecule has 0 aromatic rings. The maximum Gasteiger partial charge on any atom is 0.211 e. The highest BCUT2D eigenvalue weighted by Crippen LogP contribution is 2.26. The van der Waals surface area contributed by atoms with E-state index in [0.29, 0.717) is 17.3 Å². The molecule has 1 rings (SSSR count). The maximum atomic E-state index is 11.9. The van der Waals surface area contributed by atoms with Crippen molar-refractivity contribution >= 4 is 27.2 Å². The summed E-state index contributed by atoms with van der Waals surface area (Å²) in [5.41, 5.74) is 5.63. The molecule has 1 fully saturated rings. The van der Waals surface area contributed by atoms with Gasteiger partial charge in [0.05, 0.1) is 10.7 Å². The van der Waals surface area contributed by atoms with Crippen molar-refractivity contribution in [2.75, 3.05) is 5.75 Å². The minimum absolute atomic E-state index is 0.0267. The van der Waals surface area contributed by atoms with Crippen molar-refractivity contribution in [3.8, 4) is 0 Å². The van der Waals surface area contributed by atoms with Gasteiger partial charge < -0.3 is 5.73 Å². The Labute approximate surface area is 109 Å². The van der Waals surface area contributed by atoms with Gasteiger partial charge in [0.1, 0.15) is 0 Å². The number of hydrogen-bond donors (Lipinski definition) is 2. The standard InChI is InChI=1S/C11H22N2O2S2/c1-8(2)6-7-17(14,15)13-10-5-3-4-9(10)11(12)16/h8-10,13H,3-7H2,1-2H3,(H2,12,16). The van der Waals surface area contributed by atoms with Crippen molar-refractivity contribution in [1.82, 2.24) is 4.72 Å². The molecule has 2 unspecified atom stereocenters. The molecule has 2 atom stereocenters. The van der Waals surface area contributed by atoms with E-state index in [2.05, 4.69) is 4.72 Å². The van der Waals surface area contributed by atoms with E-state index in [-0.39, 0.29) is 17.7 Å². The molecule has 0 aromatic carbocycles. The smallest absolute Gasteiger partial charge is 0.211 e. The zero-order chi connectivity index (χ0) is 13.1. The molecule has 0 spiro atoms. The van der Waals surface area contributed by atoms with Gasteiger partial charge in [-0.3, -0.25) is 0 Å². The zero-order valence-electron chi connectivity index (χ0n) is 10.5. The largest absolute Gasteiger partial charge is 0.393 e. The lowest BCUT2D eigenvalue weighted by Crippen LogP contribution is -2.42. The van der Waals surface area contributed by atoms with Crippen LogP contribution in [0.1, 0.15) is 39.5 Å². The highest BCUT2D eigenvalue weighted by molar-refractivity contribution is 7.89. The fraction of sp³-hybridized carbons (Fsp3) is 0.909. The Kier molecular flexibility index (Phi) is 5.34. The molecule has 3 N–H and O–H groups in total. The second-order valence-electron chi connectivity index (χ2n) is 5.17. The van der Waals surface area contributed by atoms with Crippen molar-refractivity contribution in [2.45, 2.75) is 45.6 Å². The van der Waals surface area contributed by atoms with Crippen molar-refractivity contribution in [3.05, 3.63) is 0 Å². The molecule has 0 heterocycles. The number of nitrogens with one attached hydrogen (secondary N) is 1. The van der Waals surface area contributed by atoms with E-state index >= 15 is 0 Å². The quantitative estimate of drug-likeness (QED) is 0.721. The van der Waals surface area contributed by atoms with Crippen LogP contribution in [-0.2, 0) is 10.0 Å². The first-order valence-electron chi connectivity index (χ1n) is 6.11. The summed E-state index contributed by atoms with van der Waals surface area (Å²) < 4.78 is 26.5. The van der Waals surface area contributed by atoms with E-state index in [4.69, 9.17) is 18.0 Å². The first-order valence-corrected chi connectivity index (χ1v) is 8.17. The van der Waals surface area contributed by atoms with Crippen LogP contribution in [0.4, 0.5) is 0 Å². The molecular formula is C11H22N2O2S2. The molecule has 0 bridgehead atoms. The Morgan fingerprint density at radius 2 is 2.12 bits per heavy atom. The summed E-state index contributed by atoms with van der Waals surface area (Å²) in [6.07, 6.45) is 3.40. The fourth-order valence-electron chi connectivity index (χ4n) is 2.12. The van der Waals surface area contributed by atoms with Gasteiger partial charge in [-0.2, -0.15) is 0 Å². The molecule has 1 aliphatic rings. The molecule has 0 aliphatic heterocycles. The first-order chi connectivity index (χ1) is 7.82. The topological polar surface area (TPSA) is 72.2 Å². The third-order valence-corrected chi connectivity index (χ3v) is 4.91. The van der Waals surface area contributed by atoms with Crippen LogP contribution < -0.4 is 10.5 Å². The summed E-state index contributed by atoms with van der Waals surface area (Å²) in [4.78, 5) is 0.430. The van der Waals surface area contributed by atoms with E-state index in [1.165, 1.54) is 0 Å². The zero-order valence-corrected chi connectivity index (χ0v) is 12.1. The van der Waals surface area contributed by atoms with E-state index < -0.39 is 10.0 Å². The average Bonchev–Trinajstić information content (AvgIpc) is 2.62. The van der Waals surface area contributed by atoms with Gasteiger partial charge in [-0.1, -0.05) is 32.5 Å². The first kappa shape index (κ1) is 14.9. The van der Waals surface area contributed by atoms with Crippen LogP contribution in [0.15, 0.2) is 0 Å². The second-order valence-corrected chi connectivity index (χ2v) is 7.51. The van der Waals surface area contributed by atoms with Gasteiger partial charge in [0, 0.05) is 12.0 Å². The van der Waals surface area contributed by atoms with Crippen LogP contribution in [0.25, 0.3) is 0 Å². The molecule has 4 nitrogen and oxygen atoms in total. The summed E-state index contributed by atoms with van der Waals surface area (Å²) in [5, 5.41) is 0. The molecule has 100 valence electrons. The summed E-state index contributed by atoms with van der Waals surface area (Å²) in [6, 6.07) is -0.0929. The van der Waals surface area contributed by atoms with Gasteiger partial charge in [0.15, 0.2) is 0 Å². The number of sulfonamides is 1. The highest BCUT2D eigenvalue weighted by Gasteiger charge is 2.32. The lowest BCUT2D eigenvalue weighted by Gasteiger charge is -2.20. The summed E-state index contributed by atoms with van der Waals surface area (Å²) >= 11 is 4.97. The molecule has 1 aliphatic carbocycles. The Bertz CT molecular complexity index is 366. The Balaban J connectivity index is 2.55. The van der Waals surface area contributed by atoms with Gasteiger partial charge in [0.25, 0.3) is 0 Å². The van der Waals surface area contributed by atoms with Crippen LogP contribution in [0.3, 0.4) is 0 Å². The predicted octanol–water partition coefficient (Wildman–Crippen LogP) is 1.41. The lowest BCUT2D eigenvalue weighted by atomic mass is 10.1. The van der Waals surface area contributed by atoms with Gasteiger partial charge >= 0.3 is 0 Å². The lowest BCUT2D eigenvalue weighted by molar-refractivity contribution is 0.517. The van der Waals surface area contributed by atoms with Crippen LogP contribution in [0.2, 0.25) is 0 Å². The van der Waals surface area contributed by atoms with E-state index in [9.17, 15) is 8.42 Å². The summed E-state index contributed by atoms with van der Waals surface area (Å²) in [5.74, 6) is 0.603. The van der Waals surface area contributed by atoms with Gasteiger partial charge in [-0.25, -0.2) is 13.1 Å². The average molecular weight is 278 g/mol. The van der Waals surface area contributed by atoms with Crippen molar-refractivity contribution in [3.63, 3.8) is 0 Å². The van der Waals surface area contributed by atoms with E-state index in [1.54, 1.807) is 0 Å². The van der Waals surface area contributed by atoms with Crippen LogP contribution in [0.5, 0.6) is 0 Å². The summed E-state index contributed by atoms with van der Waals surface area (Å²) in [6.45, 7) is 4.03. The number of nitrogens with two attached hydrogens (primary N) is 1. The van der Waals surface area contributed by atoms with Gasteiger partial charge in [-0.15, -0.1) is 0 Å². The highest BCUT2D eigenvalue weighted by atomic mass is 32.2. The Hall–Kier alpha value is -0.200. The third-order valence-electron chi connectivity index (χ3n) is 3.18. The SMILES string of the molecule is CC(C)CCS(=O)(=O)NC1CCCC1C(N)=S. The van der Waals surface area contributed by atoms with E-state index in [0.717, 1.165) is 19.3 Å². The van der Waals surface area contributed by atoms with Crippen LogP contribution >= 0.6 is 12.2 Å². The second kappa shape index (κ2) is 6.11.